The minimum atomic E-state index is -0.812. The molecule has 0 radical (unpaired) electrons. The number of unbranched alkanes of at least 4 members (excludes halogenated alkanes) is 17. The third kappa shape index (κ3) is 63.6. The van der Waals surface area contributed by atoms with E-state index in [1.807, 2.05) is 0 Å². The molecule has 0 aliphatic rings. The molecule has 0 bridgehead atoms. The molecule has 0 aromatic heterocycles. The highest BCUT2D eigenvalue weighted by molar-refractivity contribution is 5.71. The Kier molecular flexibility index (Phi) is 61.9. The summed E-state index contributed by atoms with van der Waals surface area (Å²) in [6.07, 6.45) is 97.9. The maximum Gasteiger partial charge on any atom is 0.306 e. The smallest absolute Gasteiger partial charge is 0.306 e. The van der Waals surface area contributed by atoms with Crippen LogP contribution in [-0.2, 0) is 28.6 Å². The minimum Gasteiger partial charge on any atom is -0.462 e. The van der Waals surface area contributed by atoms with Crippen molar-refractivity contribution in [1.29, 1.82) is 0 Å². The first kappa shape index (κ1) is 74.8. The van der Waals surface area contributed by atoms with E-state index in [1.165, 1.54) is 44.9 Å². The number of allylic oxidation sites excluding steroid dienone is 28. The van der Waals surface area contributed by atoms with Gasteiger partial charge in [0.25, 0.3) is 0 Å². The van der Waals surface area contributed by atoms with Crippen molar-refractivity contribution in [2.45, 2.75) is 264 Å². The molecule has 0 rings (SSSR count). The molecule has 0 spiro atoms. The Bertz CT molecular complexity index is 1840. The fraction of sp³-hybridized carbons (Fsp3) is 0.581. The third-order valence-electron chi connectivity index (χ3n) is 12.9. The summed E-state index contributed by atoms with van der Waals surface area (Å²) in [6, 6.07) is 0. The third-order valence-corrected chi connectivity index (χ3v) is 12.9. The van der Waals surface area contributed by atoms with E-state index in [1.54, 1.807) is 0 Å². The first-order chi connectivity index (χ1) is 39.5. The van der Waals surface area contributed by atoms with Crippen LogP contribution in [0.4, 0.5) is 0 Å². The summed E-state index contributed by atoms with van der Waals surface area (Å²) in [5, 5.41) is 0. The monoisotopic (exact) mass is 1100 g/mol. The van der Waals surface area contributed by atoms with Crippen molar-refractivity contribution in [3.63, 3.8) is 0 Å². The summed E-state index contributed by atoms with van der Waals surface area (Å²) in [4.78, 5) is 38.2. The van der Waals surface area contributed by atoms with Crippen LogP contribution in [0.15, 0.2) is 170 Å². The summed E-state index contributed by atoms with van der Waals surface area (Å²) >= 11 is 0. The molecule has 0 aromatic carbocycles. The summed E-state index contributed by atoms with van der Waals surface area (Å²) in [5.41, 5.74) is 0. The minimum absolute atomic E-state index is 0.106. The molecule has 0 N–H and O–H groups in total. The Morgan fingerprint density at radius 1 is 0.263 bits per heavy atom. The van der Waals surface area contributed by atoms with Gasteiger partial charge in [-0.25, -0.2) is 0 Å². The Hall–Kier alpha value is -5.23. The van der Waals surface area contributed by atoms with E-state index < -0.39 is 6.10 Å². The van der Waals surface area contributed by atoms with E-state index in [4.69, 9.17) is 14.2 Å². The fourth-order valence-electron chi connectivity index (χ4n) is 8.19. The average molecular weight is 1100 g/mol. The quantitative estimate of drug-likeness (QED) is 0.0261. The fourth-order valence-corrected chi connectivity index (χ4v) is 8.19. The van der Waals surface area contributed by atoms with Gasteiger partial charge in [0, 0.05) is 19.3 Å². The molecule has 448 valence electrons. The lowest BCUT2D eigenvalue weighted by Gasteiger charge is -2.18. The molecule has 1 atom stereocenters. The summed E-state index contributed by atoms with van der Waals surface area (Å²) < 4.78 is 16.8. The number of hydrogen-bond donors (Lipinski definition) is 0. The topological polar surface area (TPSA) is 78.9 Å². The van der Waals surface area contributed by atoms with Gasteiger partial charge >= 0.3 is 17.9 Å². The van der Waals surface area contributed by atoms with Crippen LogP contribution < -0.4 is 0 Å². The van der Waals surface area contributed by atoms with Gasteiger partial charge in [-0.15, -0.1) is 0 Å². The lowest BCUT2D eigenvalue weighted by molar-refractivity contribution is -0.167. The zero-order valence-electron chi connectivity index (χ0n) is 51.3. The first-order valence-corrected chi connectivity index (χ1v) is 32.1. The van der Waals surface area contributed by atoms with Gasteiger partial charge in [-0.05, 0) is 148 Å². The van der Waals surface area contributed by atoms with Gasteiger partial charge in [0.05, 0.1) is 0 Å². The highest BCUT2D eigenvalue weighted by Crippen LogP contribution is 2.14. The van der Waals surface area contributed by atoms with Crippen LogP contribution >= 0.6 is 0 Å². The van der Waals surface area contributed by atoms with E-state index in [2.05, 4.69) is 191 Å². The second-order valence-corrected chi connectivity index (χ2v) is 20.5. The maximum atomic E-state index is 12.9. The van der Waals surface area contributed by atoms with E-state index in [0.29, 0.717) is 19.3 Å². The van der Waals surface area contributed by atoms with Crippen molar-refractivity contribution in [3.8, 4) is 0 Å². The predicted octanol–water partition coefficient (Wildman–Crippen LogP) is 22.3. The molecule has 0 aliphatic heterocycles. The Balaban J connectivity index is 4.38. The summed E-state index contributed by atoms with van der Waals surface area (Å²) in [5.74, 6) is -0.964. The second kappa shape index (κ2) is 66.3. The molecule has 0 aromatic rings. The molecule has 0 saturated heterocycles. The van der Waals surface area contributed by atoms with Crippen molar-refractivity contribution in [1.82, 2.24) is 0 Å². The zero-order chi connectivity index (χ0) is 57.8. The summed E-state index contributed by atoms with van der Waals surface area (Å²) in [7, 11) is 0. The number of carbonyl (C=O) groups is 3. The van der Waals surface area contributed by atoms with Crippen molar-refractivity contribution >= 4 is 17.9 Å². The summed E-state index contributed by atoms with van der Waals surface area (Å²) in [6.45, 7) is 6.30. The lowest BCUT2D eigenvalue weighted by Crippen LogP contribution is -2.30. The van der Waals surface area contributed by atoms with Gasteiger partial charge in [0.15, 0.2) is 6.10 Å². The van der Waals surface area contributed by atoms with Crippen molar-refractivity contribution in [3.05, 3.63) is 170 Å². The van der Waals surface area contributed by atoms with Gasteiger partial charge in [-0.1, -0.05) is 262 Å². The van der Waals surface area contributed by atoms with Crippen molar-refractivity contribution in [2.24, 2.45) is 0 Å². The maximum absolute atomic E-state index is 12.9. The molecule has 6 heteroatoms. The standard InChI is InChI=1S/C74H116O6/c1-4-7-10-13-16-19-22-24-26-28-30-32-34-36-37-39-40-42-44-46-48-50-52-55-58-61-64-67-73(76)79-70-71(69-78-72(75)66-63-60-57-54-21-18-15-12-9-6-3)80-74(77)68-65-62-59-56-53-51-49-47-45-43-41-38-35-33-31-29-27-25-23-20-17-14-11-8-5-2/h7-8,10-12,15-17,19-20,24-27,30-33,36-38,40-42,45,47,51,53,71H,4-6,9,13-14,18,21-23,28-29,34-35,39,43-44,46,48-50,52,54-70H2,1-3H3/b10-7-,11-8-,15-12-,19-16-,20-17-,26-24-,27-25-,32-30-,33-31-,37-36-,41-38-,42-40-,47-45-,53-51-. The average Bonchev–Trinajstić information content (AvgIpc) is 3.46. The highest BCUT2D eigenvalue weighted by atomic mass is 16.6. The van der Waals surface area contributed by atoms with Crippen LogP contribution in [0.1, 0.15) is 258 Å². The van der Waals surface area contributed by atoms with Gasteiger partial charge in [0.1, 0.15) is 13.2 Å². The molecule has 0 heterocycles. The van der Waals surface area contributed by atoms with Crippen LogP contribution in [0.25, 0.3) is 0 Å². The number of carbonyl (C=O) groups excluding carboxylic acids is 3. The van der Waals surface area contributed by atoms with Crippen molar-refractivity contribution in [2.75, 3.05) is 13.2 Å². The van der Waals surface area contributed by atoms with E-state index >= 15 is 0 Å². The first-order valence-electron chi connectivity index (χ1n) is 32.1. The second-order valence-electron chi connectivity index (χ2n) is 20.5. The predicted molar refractivity (Wildman–Crippen MR) is 348 cm³/mol. The highest BCUT2D eigenvalue weighted by Gasteiger charge is 2.19. The number of ether oxygens (including phenoxy) is 3. The Labute approximate surface area is 492 Å². The van der Waals surface area contributed by atoms with Gasteiger partial charge < -0.3 is 14.2 Å². The number of rotatable bonds is 56. The molecule has 1 unspecified atom stereocenters. The van der Waals surface area contributed by atoms with Gasteiger partial charge in [0.2, 0.25) is 0 Å². The molecule has 6 nitrogen and oxygen atoms in total. The molecular formula is C74H116O6. The molecule has 0 fully saturated rings. The zero-order valence-corrected chi connectivity index (χ0v) is 51.3. The van der Waals surface area contributed by atoms with Gasteiger partial charge in [-0.2, -0.15) is 0 Å². The Morgan fingerprint density at radius 3 is 0.787 bits per heavy atom. The van der Waals surface area contributed by atoms with E-state index in [0.717, 1.165) is 167 Å². The van der Waals surface area contributed by atoms with E-state index in [9.17, 15) is 14.4 Å². The molecule has 80 heavy (non-hydrogen) atoms. The van der Waals surface area contributed by atoms with Crippen LogP contribution in [0.3, 0.4) is 0 Å². The normalized spacial score (nSPS) is 13.3. The molecule has 0 aliphatic carbocycles. The Morgan fingerprint density at radius 2 is 0.487 bits per heavy atom. The lowest BCUT2D eigenvalue weighted by atomic mass is 10.1. The van der Waals surface area contributed by atoms with Crippen LogP contribution in [0.5, 0.6) is 0 Å². The number of esters is 3. The number of hydrogen-bond acceptors (Lipinski definition) is 6. The van der Waals surface area contributed by atoms with Gasteiger partial charge in [-0.3, -0.25) is 14.4 Å². The SMILES string of the molecule is CC/C=C\C/C=C\C/C=C\C/C=C\C/C=C\C/C=C\C/C=C\CCCCCC(=O)OC(COC(=O)CCCCCCC/C=C\CCC)COC(=O)CCCCCCCCCC/C=C\C/C=C\C/C=C\C/C=C\C/C=C\C/C=C\CC. The van der Waals surface area contributed by atoms with Crippen LogP contribution in [0.2, 0.25) is 0 Å². The van der Waals surface area contributed by atoms with Crippen LogP contribution in [-0.4, -0.2) is 37.2 Å². The van der Waals surface area contributed by atoms with Crippen molar-refractivity contribution < 1.29 is 28.6 Å². The van der Waals surface area contributed by atoms with E-state index in [-0.39, 0.29) is 37.5 Å². The molecule has 0 amide bonds. The molecule has 0 saturated carbocycles. The largest absolute Gasteiger partial charge is 0.462 e. The molecular weight excluding hydrogens is 985 g/mol. The van der Waals surface area contributed by atoms with Crippen LogP contribution in [0, 0.1) is 0 Å².